The van der Waals surface area contributed by atoms with Crippen molar-refractivity contribution in [2.75, 3.05) is 19.5 Å². The molecule has 3 aromatic rings. The molecule has 2 N–H and O–H groups in total. The van der Waals surface area contributed by atoms with Crippen molar-refractivity contribution in [3.05, 3.63) is 57.5 Å². The maximum absolute atomic E-state index is 13.1. The van der Waals surface area contributed by atoms with Crippen LogP contribution in [0.1, 0.15) is 20.7 Å². The molecular formula is C20H14I3NO5S. The molecule has 30 heavy (non-hydrogen) atoms. The molecule has 10 heteroatoms. The lowest BCUT2D eigenvalue weighted by molar-refractivity contribution is 0.0699. The number of carboxylic acid groups (broad SMARTS) is 1. The van der Waals surface area contributed by atoms with Crippen LogP contribution in [0, 0.1) is 10.7 Å². The number of nitrogens with one attached hydrogen (secondary N) is 1. The molecule has 0 spiro atoms. The van der Waals surface area contributed by atoms with Gasteiger partial charge in [-0.05, 0) is 91.5 Å². The molecule has 0 aliphatic heterocycles. The van der Waals surface area contributed by atoms with Gasteiger partial charge in [0.2, 0.25) is 0 Å². The fourth-order valence-corrected chi connectivity index (χ4v) is 8.04. The minimum atomic E-state index is -1.11. The van der Waals surface area contributed by atoms with Gasteiger partial charge in [-0.1, -0.05) is 12.1 Å². The van der Waals surface area contributed by atoms with E-state index in [-0.39, 0.29) is 16.5 Å². The van der Waals surface area contributed by atoms with E-state index in [0.29, 0.717) is 26.2 Å². The van der Waals surface area contributed by atoms with Crippen molar-refractivity contribution in [2.24, 2.45) is 0 Å². The number of aromatic carboxylic acids is 1. The quantitative estimate of drug-likeness (QED) is 0.293. The number of ether oxygens (including phenoxy) is 2. The van der Waals surface area contributed by atoms with Crippen LogP contribution in [-0.4, -0.2) is 31.2 Å². The number of carboxylic acids is 1. The monoisotopic (exact) mass is 761 g/mol. The molecule has 0 fully saturated rings. The zero-order chi connectivity index (χ0) is 22.0. The van der Waals surface area contributed by atoms with Crippen LogP contribution in [0.2, 0.25) is 0 Å². The van der Waals surface area contributed by atoms with Crippen molar-refractivity contribution in [1.82, 2.24) is 0 Å². The minimum absolute atomic E-state index is 0.0565. The molecule has 2 aromatic carbocycles. The van der Waals surface area contributed by atoms with Crippen molar-refractivity contribution < 1.29 is 24.2 Å². The van der Waals surface area contributed by atoms with Gasteiger partial charge in [-0.25, -0.2) is 4.79 Å². The summed E-state index contributed by atoms with van der Waals surface area (Å²) in [6.45, 7) is 0. The van der Waals surface area contributed by atoms with Crippen LogP contribution in [0.4, 0.5) is 5.00 Å². The molecule has 6 nitrogen and oxygen atoms in total. The molecule has 0 saturated heterocycles. The van der Waals surface area contributed by atoms with Crippen LogP contribution in [0.15, 0.2) is 35.7 Å². The summed E-state index contributed by atoms with van der Waals surface area (Å²) >= 11 is 7.50. The van der Waals surface area contributed by atoms with Crippen LogP contribution in [-0.2, 0) is 0 Å². The first kappa shape index (κ1) is 23.5. The third kappa shape index (κ3) is 4.70. The summed E-state index contributed by atoms with van der Waals surface area (Å²) in [6, 6.07) is 8.95. The molecule has 1 heterocycles. The van der Waals surface area contributed by atoms with E-state index >= 15 is 0 Å². The maximum Gasteiger partial charge on any atom is 0.339 e. The Morgan fingerprint density at radius 1 is 1.00 bits per heavy atom. The molecule has 0 radical (unpaired) electrons. The second kappa shape index (κ2) is 9.99. The van der Waals surface area contributed by atoms with Crippen molar-refractivity contribution in [1.29, 1.82) is 0 Å². The molecule has 0 bridgehead atoms. The molecule has 0 saturated carbocycles. The van der Waals surface area contributed by atoms with Crippen molar-refractivity contribution in [2.45, 2.75) is 0 Å². The molecule has 1 amide bonds. The lowest BCUT2D eigenvalue weighted by Gasteiger charge is -2.13. The topological polar surface area (TPSA) is 84.9 Å². The van der Waals surface area contributed by atoms with Crippen LogP contribution in [0.5, 0.6) is 11.5 Å². The average Bonchev–Trinajstić information content (AvgIpc) is 3.11. The summed E-state index contributed by atoms with van der Waals surface area (Å²) in [5, 5.41) is 14.6. The smallest absolute Gasteiger partial charge is 0.339 e. The first-order valence-electron chi connectivity index (χ1n) is 8.30. The number of methoxy groups -OCH3 is 2. The number of rotatable bonds is 6. The van der Waals surface area contributed by atoms with Crippen molar-refractivity contribution >= 4 is 96.0 Å². The molecule has 3 rings (SSSR count). The number of benzene rings is 2. The van der Waals surface area contributed by atoms with Gasteiger partial charge in [-0.2, -0.15) is 0 Å². The number of thiophene rings is 1. The number of amides is 1. The molecule has 156 valence electrons. The standard InChI is InChI=1S/C20H14I3NO5S/c1-28-10-5-3-9(4-6-10)11-8-30-19(14(11)20(26)27)24-18(25)15-12(21)7-13(22)17(29-2)16(15)23/h3-8H,1-2H3,(H,24,25)(H,26,27). The molecule has 0 unspecified atom stereocenters. The Kier molecular flexibility index (Phi) is 7.84. The highest BCUT2D eigenvalue weighted by atomic mass is 127. The summed E-state index contributed by atoms with van der Waals surface area (Å²) in [4.78, 5) is 25.1. The van der Waals surface area contributed by atoms with E-state index in [1.54, 1.807) is 43.9 Å². The number of carbonyl (C=O) groups is 2. The van der Waals surface area contributed by atoms with Gasteiger partial charge in [0.15, 0.2) is 0 Å². The molecular weight excluding hydrogens is 747 g/mol. The van der Waals surface area contributed by atoms with Gasteiger partial charge in [0.25, 0.3) is 5.91 Å². The van der Waals surface area contributed by atoms with E-state index in [1.165, 1.54) is 11.3 Å². The number of hydrogen-bond acceptors (Lipinski definition) is 5. The Hall–Kier alpha value is -1.13. The van der Waals surface area contributed by atoms with Crippen LogP contribution in [0.25, 0.3) is 11.1 Å². The van der Waals surface area contributed by atoms with Crippen molar-refractivity contribution in [3.8, 4) is 22.6 Å². The SMILES string of the molecule is COc1ccc(-c2csc(NC(=O)c3c(I)cc(I)c(OC)c3I)c2C(=O)O)cc1. The number of halogens is 3. The third-order valence-electron chi connectivity index (χ3n) is 4.19. The lowest BCUT2D eigenvalue weighted by Crippen LogP contribution is -2.17. The van der Waals surface area contributed by atoms with E-state index in [1.807, 2.05) is 6.07 Å². The number of hydrogen-bond donors (Lipinski definition) is 2. The van der Waals surface area contributed by atoms with Crippen LogP contribution < -0.4 is 14.8 Å². The predicted molar refractivity (Wildman–Crippen MR) is 142 cm³/mol. The number of carbonyl (C=O) groups excluding carboxylic acids is 1. The van der Waals surface area contributed by atoms with Crippen LogP contribution >= 0.6 is 79.1 Å². The van der Waals surface area contributed by atoms with E-state index < -0.39 is 5.97 Å². The van der Waals surface area contributed by atoms with E-state index in [2.05, 4.69) is 73.1 Å². The van der Waals surface area contributed by atoms with E-state index in [0.717, 1.165) is 12.7 Å². The van der Waals surface area contributed by atoms with Gasteiger partial charge in [0, 0.05) is 14.5 Å². The highest BCUT2D eigenvalue weighted by Crippen LogP contribution is 2.38. The Balaban J connectivity index is 2.01. The van der Waals surface area contributed by atoms with Crippen LogP contribution in [0.3, 0.4) is 0 Å². The Bertz CT molecular complexity index is 1130. The highest BCUT2D eigenvalue weighted by Gasteiger charge is 2.25. The minimum Gasteiger partial charge on any atom is -0.497 e. The first-order chi connectivity index (χ1) is 14.3. The largest absolute Gasteiger partial charge is 0.497 e. The summed E-state index contributed by atoms with van der Waals surface area (Å²) in [5.74, 6) is -0.201. The summed E-state index contributed by atoms with van der Waals surface area (Å²) < 4.78 is 12.9. The van der Waals surface area contributed by atoms with Crippen molar-refractivity contribution in [3.63, 3.8) is 0 Å². The molecule has 0 atom stereocenters. The van der Waals surface area contributed by atoms with E-state index in [9.17, 15) is 14.7 Å². The van der Waals surface area contributed by atoms with E-state index in [4.69, 9.17) is 9.47 Å². The van der Waals surface area contributed by atoms with Gasteiger partial charge < -0.3 is 19.9 Å². The Morgan fingerprint density at radius 2 is 1.67 bits per heavy atom. The summed E-state index contributed by atoms with van der Waals surface area (Å²) in [7, 11) is 3.12. The maximum atomic E-state index is 13.1. The molecule has 1 aromatic heterocycles. The Morgan fingerprint density at radius 3 is 2.23 bits per heavy atom. The molecule has 0 aliphatic rings. The fourth-order valence-electron chi connectivity index (χ4n) is 2.78. The summed E-state index contributed by atoms with van der Waals surface area (Å²) in [6.07, 6.45) is 0. The van der Waals surface area contributed by atoms with Gasteiger partial charge in [-0.3, -0.25) is 4.79 Å². The molecule has 0 aliphatic carbocycles. The lowest BCUT2D eigenvalue weighted by atomic mass is 10.0. The van der Waals surface area contributed by atoms with Gasteiger partial charge in [0.05, 0.1) is 26.9 Å². The third-order valence-corrected chi connectivity index (χ3v) is 7.77. The second-order valence-corrected chi connectivity index (χ2v) is 10.2. The Labute approximate surface area is 217 Å². The number of anilines is 1. The zero-order valence-electron chi connectivity index (χ0n) is 15.6. The first-order valence-corrected chi connectivity index (χ1v) is 12.4. The second-order valence-electron chi connectivity index (χ2n) is 5.90. The van der Waals surface area contributed by atoms with Gasteiger partial charge in [0.1, 0.15) is 22.1 Å². The normalized spacial score (nSPS) is 10.6. The highest BCUT2D eigenvalue weighted by molar-refractivity contribution is 14.1. The fraction of sp³-hybridized carbons (Fsp3) is 0.100. The predicted octanol–water partition coefficient (Wildman–Crippen LogP) is 6.20. The zero-order valence-corrected chi connectivity index (χ0v) is 22.9. The van der Waals surface area contributed by atoms with Gasteiger partial charge in [-0.15, -0.1) is 11.3 Å². The summed E-state index contributed by atoms with van der Waals surface area (Å²) in [5.41, 5.74) is 1.77. The van der Waals surface area contributed by atoms with Gasteiger partial charge >= 0.3 is 5.97 Å². The average molecular weight is 761 g/mol.